The second-order valence-corrected chi connectivity index (χ2v) is 4.57. The predicted octanol–water partition coefficient (Wildman–Crippen LogP) is 2.97. The van der Waals surface area contributed by atoms with Gasteiger partial charge in [0, 0.05) is 6.21 Å². The van der Waals surface area contributed by atoms with Crippen molar-refractivity contribution in [3.63, 3.8) is 0 Å². The molecule has 14 heavy (non-hydrogen) atoms. The molecule has 1 aromatic carbocycles. The fourth-order valence-corrected chi connectivity index (χ4v) is 2.77. The maximum atomic E-state index is 4.78. The standard InChI is InChI=1S/C13H15N/c1-2-6-12-10-14-13(7-3-4-8-13)9-11(12)5-1/h1-2,5-6,10H,3-4,7-9H2. The molecule has 2 aliphatic rings. The van der Waals surface area contributed by atoms with Gasteiger partial charge in [-0.1, -0.05) is 37.1 Å². The number of aliphatic imine (C=N–C) groups is 1. The van der Waals surface area contributed by atoms with Crippen LogP contribution < -0.4 is 0 Å². The maximum Gasteiger partial charge on any atom is 0.0648 e. The summed E-state index contributed by atoms with van der Waals surface area (Å²) in [5.41, 5.74) is 3.10. The fraction of sp³-hybridized carbons (Fsp3) is 0.462. The van der Waals surface area contributed by atoms with Crippen LogP contribution in [0.25, 0.3) is 0 Å². The van der Waals surface area contributed by atoms with Gasteiger partial charge in [-0.3, -0.25) is 4.99 Å². The number of rotatable bonds is 0. The summed E-state index contributed by atoms with van der Waals surface area (Å²) in [4.78, 5) is 4.78. The van der Waals surface area contributed by atoms with Crippen molar-refractivity contribution in [1.82, 2.24) is 0 Å². The first-order valence-corrected chi connectivity index (χ1v) is 5.51. The Hall–Kier alpha value is -1.11. The van der Waals surface area contributed by atoms with E-state index in [0.717, 1.165) is 0 Å². The molecule has 3 rings (SSSR count). The van der Waals surface area contributed by atoms with Crippen molar-refractivity contribution in [3.8, 4) is 0 Å². The molecular weight excluding hydrogens is 170 g/mol. The van der Waals surface area contributed by atoms with Crippen LogP contribution in [0.1, 0.15) is 36.8 Å². The van der Waals surface area contributed by atoms with Crippen LogP contribution in [0, 0.1) is 0 Å². The van der Waals surface area contributed by atoms with Gasteiger partial charge in [0.25, 0.3) is 0 Å². The Morgan fingerprint density at radius 2 is 1.86 bits per heavy atom. The van der Waals surface area contributed by atoms with Gasteiger partial charge in [0.2, 0.25) is 0 Å². The van der Waals surface area contributed by atoms with Gasteiger partial charge in [-0.25, -0.2) is 0 Å². The van der Waals surface area contributed by atoms with Gasteiger partial charge in [0.1, 0.15) is 0 Å². The van der Waals surface area contributed by atoms with Crippen molar-refractivity contribution in [1.29, 1.82) is 0 Å². The number of nitrogens with zero attached hydrogens (tertiary/aromatic N) is 1. The van der Waals surface area contributed by atoms with Gasteiger partial charge >= 0.3 is 0 Å². The van der Waals surface area contributed by atoms with E-state index in [1.54, 1.807) is 0 Å². The molecule has 1 aliphatic heterocycles. The Kier molecular flexibility index (Phi) is 1.73. The molecule has 1 fully saturated rings. The zero-order chi connectivity index (χ0) is 9.43. The molecule has 0 amide bonds. The highest BCUT2D eigenvalue weighted by molar-refractivity contribution is 5.83. The van der Waals surface area contributed by atoms with Crippen LogP contribution >= 0.6 is 0 Å². The van der Waals surface area contributed by atoms with E-state index in [4.69, 9.17) is 4.99 Å². The molecule has 72 valence electrons. The molecule has 0 aromatic heterocycles. The minimum absolute atomic E-state index is 0.286. The molecular formula is C13H15N. The molecule has 0 saturated heterocycles. The Bertz CT molecular complexity index is 373. The van der Waals surface area contributed by atoms with Crippen LogP contribution in [-0.2, 0) is 6.42 Å². The van der Waals surface area contributed by atoms with Gasteiger partial charge in [-0.05, 0) is 30.4 Å². The van der Waals surface area contributed by atoms with Crippen molar-refractivity contribution in [2.45, 2.75) is 37.6 Å². The first kappa shape index (κ1) is 8.22. The van der Waals surface area contributed by atoms with Crippen molar-refractivity contribution in [3.05, 3.63) is 35.4 Å². The fourth-order valence-electron chi connectivity index (χ4n) is 2.77. The third kappa shape index (κ3) is 1.19. The summed E-state index contributed by atoms with van der Waals surface area (Å²) >= 11 is 0. The third-order valence-electron chi connectivity index (χ3n) is 3.59. The van der Waals surface area contributed by atoms with Crippen LogP contribution in [-0.4, -0.2) is 11.8 Å². The topological polar surface area (TPSA) is 12.4 Å². The number of hydrogen-bond acceptors (Lipinski definition) is 1. The second-order valence-electron chi connectivity index (χ2n) is 4.57. The van der Waals surface area contributed by atoms with Crippen LogP contribution in [0.15, 0.2) is 29.3 Å². The lowest BCUT2D eigenvalue weighted by Crippen LogP contribution is -2.29. The first-order chi connectivity index (χ1) is 6.88. The van der Waals surface area contributed by atoms with E-state index in [1.165, 1.54) is 43.2 Å². The van der Waals surface area contributed by atoms with Gasteiger partial charge < -0.3 is 0 Å². The summed E-state index contributed by atoms with van der Waals surface area (Å²) in [6.45, 7) is 0. The van der Waals surface area contributed by atoms with E-state index >= 15 is 0 Å². The minimum Gasteiger partial charge on any atom is -0.286 e. The summed E-state index contributed by atoms with van der Waals surface area (Å²) in [6.07, 6.45) is 8.55. The van der Waals surface area contributed by atoms with Gasteiger partial charge in [-0.15, -0.1) is 0 Å². The smallest absolute Gasteiger partial charge is 0.0648 e. The lowest BCUT2D eigenvalue weighted by Gasteiger charge is -2.28. The van der Waals surface area contributed by atoms with E-state index in [2.05, 4.69) is 30.5 Å². The Labute approximate surface area is 84.9 Å². The van der Waals surface area contributed by atoms with E-state index in [1.807, 2.05) is 0 Å². The quantitative estimate of drug-likeness (QED) is 0.589. The molecule has 0 atom stereocenters. The predicted molar refractivity (Wildman–Crippen MR) is 58.9 cm³/mol. The lowest BCUT2D eigenvalue weighted by molar-refractivity contribution is 0.437. The van der Waals surface area contributed by atoms with Crippen LogP contribution in [0.5, 0.6) is 0 Å². The van der Waals surface area contributed by atoms with Gasteiger partial charge in [0.15, 0.2) is 0 Å². The molecule has 1 nitrogen and oxygen atoms in total. The van der Waals surface area contributed by atoms with E-state index in [9.17, 15) is 0 Å². The zero-order valence-electron chi connectivity index (χ0n) is 8.37. The monoisotopic (exact) mass is 185 g/mol. The van der Waals surface area contributed by atoms with Crippen molar-refractivity contribution < 1.29 is 0 Å². The largest absolute Gasteiger partial charge is 0.286 e. The number of benzene rings is 1. The number of hydrogen-bond donors (Lipinski definition) is 0. The molecule has 1 heteroatoms. The SMILES string of the molecule is C1=NC2(CCCC2)Cc2ccccc21. The van der Waals surface area contributed by atoms with Crippen molar-refractivity contribution >= 4 is 6.21 Å². The van der Waals surface area contributed by atoms with E-state index in [0.29, 0.717) is 0 Å². The van der Waals surface area contributed by atoms with E-state index in [-0.39, 0.29) is 5.54 Å². The van der Waals surface area contributed by atoms with Crippen LogP contribution in [0.4, 0.5) is 0 Å². The molecule has 1 aliphatic carbocycles. The molecule has 0 unspecified atom stereocenters. The minimum atomic E-state index is 0.286. The van der Waals surface area contributed by atoms with Gasteiger partial charge in [-0.2, -0.15) is 0 Å². The zero-order valence-corrected chi connectivity index (χ0v) is 8.37. The summed E-state index contributed by atoms with van der Waals surface area (Å²) in [7, 11) is 0. The van der Waals surface area contributed by atoms with Crippen LogP contribution in [0.3, 0.4) is 0 Å². The van der Waals surface area contributed by atoms with Crippen molar-refractivity contribution in [2.75, 3.05) is 0 Å². The molecule has 1 saturated carbocycles. The molecule has 0 radical (unpaired) electrons. The van der Waals surface area contributed by atoms with Crippen molar-refractivity contribution in [2.24, 2.45) is 4.99 Å². The molecule has 0 bridgehead atoms. The molecule has 0 N–H and O–H groups in total. The highest BCUT2D eigenvalue weighted by Gasteiger charge is 2.35. The second kappa shape index (κ2) is 2.94. The molecule has 1 aromatic rings. The Balaban J connectivity index is 2.00. The highest BCUT2D eigenvalue weighted by Crippen LogP contribution is 2.38. The Morgan fingerprint density at radius 1 is 1.07 bits per heavy atom. The van der Waals surface area contributed by atoms with Gasteiger partial charge in [0.05, 0.1) is 5.54 Å². The normalized spacial score (nSPS) is 22.6. The van der Waals surface area contributed by atoms with Crippen LogP contribution in [0.2, 0.25) is 0 Å². The highest BCUT2D eigenvalue weighted by atomic mass is 14.9. The summed E-state index contributed by atoms with van der Waals surface area (Å²) in [5, 5.41) is 0. The maximum absolute atomic E-state index is 4.78. The average molecular weight is 185 g/mol. The van der Waals surface area contributed by atoms with E-state index < -0.39 is 0 Å². The lowest BCUT2D eigenvalue weighted by atomic mass is 9.85. The summed E-state index contributed by atoms with van der Waals surface area (Å²) in [6, 6.07) is 8.65. The first-order valence-electron chi connectivity index (χ1n) is 5.51. The molecule has 1 spiro atoms. The Morgan fingerprint density at radius 3 is 2.71 bits per heavy atom. The number of fused-ring (bicyclic) bond motifs is 1. The third-order valence-corrected chi connectivity index (χ3v) is 3.59. The average Bonchev–Trinajstić information content (AvgIpc) is 2.66. The summed E-state index contributed by atoms with van der Waals surface area (Å²) in [5.74, 6) is 0. The summed E-state index contributed by atoms with van der Waals surface area (Å²) < 4.78 is 0. The molecule has 1 heterocycles.